The molecule has 0 aliphatic heterocycles. The Morgan fingerprint density at radius 2 is 1.89 bits per heavy atom. The zero-order chi connectivity index (χ0) is 14.5. The van der Waals surface area contributed by atoms with Gasteiger partial charge in [0.15, 0.2) is 0 Å². The Hall–Kier alpha value is -1.13. The highest BCUT2D eigenvalue weighted by molar-refractivity contribution is 7.89. The number of hydrogen-bond acceptors (Lipinski definition) is 2. The van der Waals surface area contributed by atoms with Crippen LogP contribution in [0.25, 0.3) is 0 Å². The summed E-state index contributed by atoms with van der Waals surface area (Å²) in [6.45, 7) is 9.75. The van der Waals surface area contributed by atoms with Crippen LogP contribution < -0.4 is 4.72 Å². The number of rotatable bonds is 7. The molecular formula is C15H23NO2S. The minimum absolute atomic E-state index is 0.189. The Kier molecular flexibility index (Phi) is 5.76. The van der Waals surface area contributed by atoms with E-state index in [1.807, 2.05) is 13.8 Å². The van der Waals surface area contributed by atoms with Gasteiger partial charge in [0, 0.05) is 6.04 Å². The summed E-state index contributed by atoms with van der Waals surface area (Å²) in [5, 5.41) is 0. The van der Waals surface area contributed by atoms with Crippen molar-refractivity contribution in [2.24, 2.45) is 0 Å². The van der Waals surface area contributed by atoms with Crippen LogP contribution in [0, 0.1) is 6.92 Å². The third-order valence-electron chi connectivity index (χ3n) is 3.07. The highest BCUT2D eigenvalue weighted by Gasteiger charge is 2.19. The summed E-state index contributed by atoms with van der Waals surface area (Å²) >= 11 is 0. The van der Waals surface area contributed by atoms with Gasteiger partial charge in [0.25, 0.3) is 0 Å². The summed E-state index contributed by atoms with van der Waals surface area (Å²) < 4.78 is 27.3. The maximum atomic E-state index is 12.3. The van der Waals surface area contributed by atoms with E-state index in [4.69, 9.17) is 0 Å². The number of nitrogens with one attached hydrogen (secondary N) is 1. The molecule has 3 nitrogen and oxygen atoms in total. The predicted octanol–water partition coefficient (Wildman–Crippen LogP) is 3.41. The van der Waals surface area contributed by atoms with Gasteiger partial charge in [0.05, 0.1) is 4.90 Å². The highest BCUT2D eigenvalue weighted by Crippen LogP contribution is 2.15. The topological polar surface area (TPSA) is 46.2 Å². The van der Waals surface area contributed by atoms with E-state index < -0.39 is 10.0 Å². The lowest BCUT2D eigenvalue weighted by Crippen LogP contribution is -2.35. The first kappa shape index (κ1) is 15.9. The van der Waals surface area contributed by atoms with E-state index in [1.54, 1.807) is 24.3 Å². The van der Waals surface area contributed by atoms with Crippen molar-refractivity contribution in [1.82, 2.24) is 4.72 Å². The van der Waals surface area contributed by atoms with Crippen LogP contribution >= 0.6 is 0 Å². The molecule has 0 aliphatic carbocycles. The average molecular weight is 281 g/mol. The molecule has 0 bridgehead atoms. The number of benzene rings is 1. The van der Waals surface area contributed by atoms with Crippen LogP contribution in [0.5, 0.6) is 0 Å². The Morgan fingerprint density at radius 1 is 1.32 bits per heavy atom. The molecule has 0 saturated carbocycles. The van der Waals surface area contributed by atoms with Gasteiger partial charge in [-0.2, -0.15) is 0 Å². The van der Waals surface area contributed by atoms with Crippen molar-refractivity contribution >= 4 is 10.0 Å². The summed E-state index contributed by atoms with van der Waals surface area (Å²) in [5.41, 5.74) is 1.89. The molecule has 1 aromatic carbocycles. The van der Waals surface area contributed by atoms with Crippen LogP contribution in [0.3, 0.4) is 0 Å². The molecule has 4 heteroatoms. The molecule has 0 heterocycles. The average Bonchev–Trinajstić information content (AvgIpc) is 2.34. The zero-order valence-electron chi connectivity index (χ0n) is 11.9. The lowest BCUT2D eigenvalue weighted by molar-refractivity contribution is 0.544. The van der Waals surface area contributed by atoms with Crippen molar-refractivity contribution < 1.29 is 8.42 Å². The van der Waals surface area contributed by atoms with E-state index in [9.17, 15) is 8.42 Å². The maximum Gasteiger partial charge on any atom is 0.241 e. The molecule has 0 radical (unpaired) electrons. The Morgan fingerprint density at radius 3 is 2.37 bits per heavy atom. The molecule has 106 valence electrons. The maximum absolute atomic E-state index is 12.3. The van der Waals surface area contributed by atoms with Crippen LogP contribution in [0.2, 0.25) is 0 Å². The molecule has 1 unspecified atom stereocenters. The second-order valence-electron chi connectivity index (χ2n) is 4.98. The van der Waals surface area contributed by atoms with Gasteiger partial charge in [-0.05, 0) is 32.4 Å². The van der Waals surface area contributed by atoms with Crippen LogP contribution in [0.1, 0.15) is 38.7 Å². The number of aryl methyl sites for hydroxylation is 1. The molecule has 1 N–H and O–H groups in total. The van der Waals surface area contributed by atoms with E-state index in [-0.39, 0.29) is 6.04 Å². The van der Waals surface area contributed by atoms with Gasteiger partial charge in [0.1, 0.15) is 0 Å². The highest BCUT2D eigenvalue weighted by atomic mass is 32.2. The molecule has 0 spiro atoms. The molecule has 0 fully saturated rings. The van der Waals surface area contributed by atoms with Gasteiger partial charge >= 0.3 is 0 Å². The van der Waals surface area contributed by atoms with E-state index in [1.165, 1.54) is 0 Å². The Labute approximate surface area is 116 Å². The van der Waals surface area contributed by atoms with Crippen molar-refractivity contribution in [2.45, 2.75) is 51.0 Å². The minimum Gasteiger partial charge on any atom is -0.207 e. The van der Waals surface area contributed by atoms with Crippen molar-refractivity contribution in [3.05, 3.63) is 42.0 Å². The van der Waals surface area contributed by atoms with Gasteiger partial charge < -0.3 is 0 Å². The standard InChI is InChI=1S/C15H23NO2S/c1-5-6-7-15(12(2)3)16-19(17,18)14-10-8-13(4)9-11-14/h8-11,15-16H,2,5-7H2,1,3-4H3. The normalized spacial score (nSPS) is 13.2. The van der Waals surface area contributed by atoms with Crippen molar-refractivity contribution in [1.29, 1.82) is 0 Å². The lowest BCUT2D eigenvalue weighted by atomic mass is 10.1. The Bertz CT molecular complexity index is 518. The van der Waals surface area contributed by atoms with Gasteiger partial charge in [-0.3, -0.25) is 0 Å². The quantitative estimate of drug-likeness (QED) is 0.779. The summed E-state index contributed by atoms with van der Waals surface area (Å²) in [4.78, 5) is 0.306. The van der Waals surface area contributed by atoms with E-state index in [0.29, 0.717) is 4.90 Å². The fraction of sp³-hybridized carbons (Fsp3) is 0.467. The van der Waals surface area contributed by atoms with E-state index in [0.717, 1.165) is 30.4 Å². The molecule has 1 aromatic rings. The van der Waals surface area contributed by atoms with Crippen LogP contribution in [-0.4, -0.2) is 14.5 Å². The fourth-order valence-corrected chi connectivity index (χ4v) is 3.11. The molecule has 1 atom stereocenters. The number of hydrogen-bond donors (Lipinski definition) is 1. The fourth-order valence-electron chi connectivity index (χ4n) is 1.79. The SMILES string of the molecule is C=C(C)C(CCCC)NS(=O)(=O)c1ccc(C)cc1. The van der Waals surface area contributed by atoms with Crippen LogP contribution in [-0.2, 0) is 10.0 Å². The number of sulfonamides is 1. The Balaban J connectivity index is 2.87. The molecule has 0 saturated heterocycles. The summed E-state index contributed by atoms with van der Waals surface area (Å²) in [7, 11) is -3.46. The van der Waals surface area contributed by atoms with E-state index >= 15 is 0 Å². The monoisotopic (exact) mass is 281 g/mol. The van der Waals surface area contributed by atoms with Crippen LogP contribution in [0.15, 0.2) is 41.3 Å². The molecular weight excluding hydrogens is 258 g/mol. The zero-order valence-corrected chi connectivity index (χ0v) is 12.8. The molecule has 0 aromatic heterocycles. The number of unbranched alkanes of at least 4 members (excludes halogenated alkanes) is 1. The van der Waals surface area contributed by atoms with Crippen molar-refractivity contribution in [2.75, 3.05) is 0 Å². The molecule has 0 aliphatic rings. The third kappa shape index (κ3) is 4.80. The summed E-state index contributed by atoms with van der Waals surface area (Å²) in [6, 6.07) is 6.68. The summed E-state index contributed by atoms with van der Waals surface area (Å²) in [5.74, 6) is 0. The van der Waals surface area contributed by atoms with Gasteiger partial charge in [-0.25, -0.2) is 13.1 Å². The minimum atomic E-state index is -3.46. The molecule has 19 heavy (non-hydrogen) atoms. The molecule has 1 rings (SSSR count). The third-order valence-corrected chi connectivity index (χ3v) is 4.56. The van der Waals surface area contributed by atoms with Gasteiger partial charge in [-0.1, -0.05) is 49.6 Å². The first-order valence-electron chi connectivity index (χ1n) is 6.61. The van der Waals surface area contributed by atoms with Gasteiger partial charge in [-0.15, -0.1) is 0 Å². The van der Waals surface area contributed by atoms with E-state index in [2.05, 4.69) is 18.2 Å². The van der Waals surface area contributed by atoms with Crippen molar-refractivity contribution in [3.63, 3.8) is 0 Å². The second-order valence-corrected chi connectivity index (χ2v) is 6.69. The largest absolute Gasteiger partial charge is 0.241 e. The first-order valence-corrected chi connectivity index (χ1v) is 8.09. The first-order chi connectivity index (χ1) is 8.86. The smallest absolute Gasteiger partial charge is 0.207 e. The second kappa shape index (κ2) is 6.87. The summed E-state index contributed by atoms with van der Waals surface area (Å²) in [6.07, 6.45) is 2.81. The lowest BCUT2D eigenvalue weighted by Gasteiger charge is -2.18. The molecule has 0 amide bonds. The van der Waals surface area contributed by atoms with Gasteiger partial charge in [0.2, 0.25) is 10.0 Å². The van der Waals surface area contributed by atoms with Crippen LogP contribution in [0.4, 0.5) is 0 Å². The predicted molar refractivity (Wildman–Crippen MR) is 79.6 cm³/mol. The van der Waals surface area contributed by atoms with Crippen molar-refractivity contribution in [3.8, 4) is 0 Å².